The molecule has 3 saturated heterocycles. The van der Waals surface area contributed by atoms with Crippen LogP contribution >= 0.6 is 24.0 Å². The number of nitrogens with one attached hydrogen (secondary N) is 1. The molecule has 3 aliphatic heterocycles. The highest BCUT2D eigenvalue weighted by molar-refractivity contribution is 14.0. The third kappa shape index (κ3) is 7.13. The van der Waals surface area contributed by atoms with Crippen LogP contribution in [-0.4, -0.2) is 88.5 Å². The average Bonchev–Trinajstić information content (AvgIpc) is 3.37. The van der Waals surface area contributed by atoms with Crippen molar-refractivity contribution in [2.45, 2.75) is 32.1 Å². The number of hydrogen-bond donors (Lipinski definition) is 1. The molecular weight excluding hydrogens is 443 g/mol. The molecule has 0 aliphatic carbocycles. The van der Waals surface area contributed by atoms with E-state index in [9.17, 15) is 0 Å². The average molecular weight is 480 g/mol. The van der Waals surface area contributed by atoms with Gasteiger partial charge in [-0.3, -0.25) is 4.99 Å². The Morgan fingerprint density at radius 2 is 2.04 bits per heavy atom. The zero-order chi connectivity index (χ0) is 17.3. The van der Waals surface area contributed by atoms with Crippen LogP contribution in [-0.2, 0) is 9.47 Å². The van der Waals surface area contributed by atoms with Gasteiger partial charge in [0.2, 0.25) is 0 Å². The summed E-state index contributed by atoms with van der Waals surface area (Å²) in [4.78, 5) is 9.54. The summed E-state index contributed by atoms with van der Waals surface area (Å²) < 4.78 is 11.1. The molecule has 0 spiro atoms. The van der Waals surface area contributed by atoms with Gasteiger partial charge < -0.3 is 24.6 Å². The molecule has 3 aliphatic rings. The fraction of sp³-hybridized carbons (Fsp3) is 0.947. The number of halogens is 1. The van der Waals surface area contributed by atoms with Gasteiger partial charge in [-0.2, -0.15) is 0 Å². The second kappa shape index (κ2) is 12.4. The Hall–Kier alpha value is -0.120. The Bertz CT molecular complexity index is 412. The van der Waals surface area contributed by atoms with Crippen molar-refractivity contribution in [1.82, 2.24) is 15.1 Å². The summed E-state index contributed by atoms with van der Waals surface area (Å²) in [6.45, 7) is 10.5. The Morgan fingerprint density at radius 3 is 2.77 bits per heavy atom. The fourth-order valence-corrected chi connectivity index (χ4v) is 4.18. The third-order valence-electron chi connectivity index (χ3n) is 5.64. The molecule has 0 aromatic heterocycles. The number of hydrogen-bond acceptors (Lipinski definition) is 4. The maximum atomic E-state index is 5.77. The quantitative estimate of drug-likeness (QED) is 0.250. The SMILES string of the molecule is CN=C(NCCCOCC1CCOC1)N1CCC(CN2CCCC2)C1.I. The molecule has 0 saturated carbocycles. The van der Waals surface area contributed by atoms with Crippen molar-refractivity contribution in [3.8, 4) is 0 Å². The van der Waals surface area contributed by atoms with E-state index < -0.39 is 0 Å². The van der Waals surface area contributed by atoms with Gasteiger partial charge in [-0.1, -0.05) is 0 Å². The Morgan fingerprint density at radius 1 is 1.19 bits per heavy atom. The van der Waals surface area contributed by atoms with Gasteiger partial charge in [-0.05, 0) is 51.1 Å². The summed E-state index contributed by atoms with van der Waals surface area (Å²) in [7, 11) is 1.90. The second-order valence-corrected chi connectivity index (χ2v) is 7.74. The molecule has 6 nitrogen and oxygen atoms in total. The van der Waals surface area contributed by atoms with E-state index in [0.717, 1.165) is 70.8 Å². The standard InChI is InChI=1S/C19H36N4O2.HI/c1-20-19(21-7-4-11-24-15-18-6-12-25-16-18)23-10-5-17(14-23)13-22-8-2-3-9-22;/h17-18H,2-16H2,1H3,(H,20,21);1H. The first-order valence-corrected chi connectivity index (χ1v) is 10.2. The number of ether oxygens (including phenoxy) is 2. The molecule has 26 heavy (non-hydrogen) atoms. The number of guanidine groups is 1. The molecule has 152 valence electrons. The molecule has 3 fully saturated rings. The van der Waals surface area contributed by atoms with Gasteiger partial charge in [0.25, 0.3) is 0 Å². The van der Waals surface area contributed by atoms with E-state index in [1.807, 2.05) is 7.05 Å². The molecular formula is C19H37IN4O2. The van der Waals surface area contributed by atoms with Gasteiger partial charge >= 0.3 is 0 Å². The monoisotopic (exact) mass is 480 g/mol. The maximum absolute atomic E-state index is 5.77. The van der Waals surface area contributed by atoms with Crippen LogP contribution in [0.3, 0.4) is 0 Å². The topological polar surface area (TPSA) is 49.3 Å². The Labute approximate surface area is 176 Å². The number of likely N-dealkylation sites (tertiary alicyclic amines) is 2. The van der Waals surface area contributed by atoms with E-state index in [1.165, 1.54) is 38.9 Å². The van der Waals surface area contributed by atoms with Crippen LogP contribution in [0.5, 0.6) is 0 Å². The van der Waals surface area contributed by atoms with E-state index in [4.69, 9.17) is 9.47 Å². The molecule has 2 unspecified atom stereocenters. The Kier molecular flexibility index (Phi) is 10.5. The number of aliphatic imine (C=N–C) groups is 1. The highest BCUT2D eigenvalue weighted by atomic mass is 127. The minimum Gasteiger partial charge on any atom is -0.381 e. The minimum absolute atomic E-state index is 0. The lowest BCUT2D eigenvalue weighted by Gasteiger charge is -2.23. The molecule has 2 atom stereocenters. The lowest BCUT2D eigenvalue weighted by molar-refractivity contribution is 0.0887. The summed E-state index contributed by atoms with van der Waals surface area (Å²) in [6.07, 6.45) is 6.24. The summed E-state index contributed by atoms with van der Waals surface area (Å²) >= 11 is 0. The first kappa shape index (κ1) is 22.2. The molecule has 0 amide bonds. The number of rotatable bonds is 8. The normalized spacial score (nSPS) is 27.1. The van der Waals surface area contributed by atoms with Crippen molar-refractivity contribution in [3.05, 3.63) is 0 Å². The van der Waals surface area contributed by atoms with Gasteiger partial charge in [0.05, 0.1) is 13.2 Å². The molecule has 7 heteroatoms. The Balaban J connectivity index is 0.00000243. The van der Waals surface area contributed by atoms with Crippen molar-refractivity contribution in [2.75, 3.05) is 72.7 Å². The van der Waals surface area contributed by atoms with Crippen molar-refractivity contribution < 1.29 is 9.47 Å². The lowest BCUT2D eigenvalue weighted by atomic mass is 10.1. The second-order valence-electron chi connectivity index (χ2n) is 7.74. The van der Waals surface area contributed by atoms with Gasteiger partial charge in [-0.15, -0.1) is 24.0 Å². The van der Waals surface area contributed by atoms with E-state index in [-0.39, 0.29) is 24.0 Å². The summed E-state index contributed by atoms with van der Waals surface area (Å²) in [5.41, 5.74) is 0. The van der Waals surface area contributed by atoms with Crippen LogP contribution in [0.1, 0.15) is 32.1 Å². The van der Waals surface area contributed by atoms with Crippen LogP contribution < -0.4 is 5.32 Å². The van der Waals surface area contributed by atoms with Crippen molar-refractivity contribution in [3.63, 3.8) is 0 Å². The number of nitrogens with zero attached hydrogens (tertiary/aromatic N) is 3. The van der Waals surface area contributed by atoms with Crippen LogP contribution in [0, 0.1) is 11.8 Å². The third-order valence-corrected chi connectivity index (χ3v) is 5.64. The molecule has 3 heterocycles. The molecule has 0 aromatic rings. The maximum Gasteiger partial charge on any atom is 0.193 e. The fourth-order valence-electron chi connectivity index (χ4n) is 4.18. The van der Waals surface area contributed by atoms with Crippen molar-refractivity contribution >= 4 is 29.9 Å². The van der Waals surface area contributed by atoms with Gasteiger partial charge in [0.15, 0.2) is 5.96 Å². The van der Waals surface area contributed by atoms with Crippen LogP contribution in [0.25, 0.3) is 0 Å². The molecule has 0 radical (unpaired) electrons. The van der Waals surface area contributed by atoms with Crippen molar-refractivity contribution in [2.24, 2.45) is 16.8 Å². The molecule has 0 bridgehead atoms. The van der Waals surface area contributed by atoms with E-state index in [0.29, 0.717) is 5.92 Å². The van der Waals surface area contributed by atoms with Gasteiger partial charge in [-0.25, -0.2) is 0 Å². The summed E-state index contributed by atoms with van der Waals surface area (Å²) in [5.74, 6) is 2.47. The van der Waals surface area contributed by atoms with E-state index >= 15 is 0 Å². The molecule has 1 N–H and O–H groups in total. The van der Waals surface area contributed by atoms with Crippen LogP contribution in [0.4, 0.5) is 0 Å². The first-order valence-electron chi connectivity index (χ1n) is 10.2. The first-order chi connectivity index (χ1) is 12.3. The molecule has 3 rings (SSSR count). The summed E-state index contributed by atoms with van der Waals surface area (Å²) in [5, 5.41) is 3.51. The van der Waals surface area contributed by atoms with Crippen LogP contribution in [0.2, 0.25) is 0 Å². The highest BCUT2D eigenvalue weighted by Crippen LogP contribution is 2.20. The zero-order valence-corrected chi connectivity index (χ0v) is 18.7. The lowest BCUT2D eigenvalue weighted by Crippen LogP contribution is -2.41. The smallest absolute Gasteiger partial charge is 0.193 e. The van der Waals surface area contributed by atoms with Crippen LogP contribution in [0.15, 0.2) is 4.99 Å². The highest BCUT2D eigenvalue weighted by Gasteiger charge is 2.27. The minimum atomic E-state index is 0. The van der Waals surface area contributed by atoms with Crippen molar-refractivity contribution in [1.29, 1.82) is 0 Å². The van der Waals surface area contributed by atoms with Gasteiger partial charge in [0, 0.05) is 52.4 Å². The predicted octanol–water partition coefficient (Wildman–Crippen LogP) is 2.04. The van der Waals surface area contributed by atoms with E-state index in [1.54, 1.807) is 0 Å². The van der Waals surface area contributed by atoms with Gasteiger partial charge in [0.1, 0.15) is 0 Å². The molecule has 0 aromatic carbocycles. The largest absolute Gasteiger partial charge is 0.381 e. The zero-order valence-electron chi connectivity index (χ0n) is 16.3. The predicted molar refractivity (Wildman–Crippen MR) is 116 cm³/mol. The van der Waals surface area contributed by atoms with E-state index in [2.05, 4.69) is 20.1 Å². The summed E-state index contributed by atoms with van der Waals surface area (Å²) in [6, 6.07) is 0.